The number of ether oxygens (including phenoxy) is 1. The second kappa shape index (κ2) is 12.6. The van der Waals surface area contributed by atoms with Crippen molar-refractivity contribution in [1.29, 1.82) is 0 Å². The van der Waals surface area contributed by atoms with E-state index in [-0.39, 0.29) is 5.91 Å². The fourth-order valence-electron chi connectivity index (χ4n) is 4.12. The Morgan fingerprint density at radius 2 is 1.79 bits per heavy atom. The van der Waals surface area contributed by atoms with Crippen LogP contribution in [-0.4, -0.2) is 64.6 Å². The lowest BCUT2D eigenvalue weighted by Gasteiger charge is -2.26. The predicted octanol–water partition coefficient (Wildman–Crippen LogP) is 4.42. The van der Waals surface area contributed by atoms with Crippen molar-refractivity contribution in [2.45, 2.75) is 37.3 Å². The molecule has 1 N–H and O–H groups in total. The van der Waals surface area contributed by atoms with E-state index in [9.17, 15) is 4.79 Å². The van der Waals surface area contributed by atoms with Gasteiger partial charge in [0.25, 0.3) is 0 Å². The van der Waals surface area contributed by atoms with E-state index in [2.05, 4.69) is 25.0 Å². The van der Waals surface area contributed by atoms with Gasteiger partial charge in [-0.15, -0.1) is 10.2 Å². The van der Waals surface area contributed by atoms with Crippen LogP contribution in [0.2, 0.25) is 0 Å². The summed E-state index contributed by atoms with van der Waals surface area (Å²) >= 11 is 1.63. The molecule has 2 aromatic carbocycles. The van der Waals surface area contributed by atoms with Gasteiger partial charge in [0, 0.05) is 36.5 Å². The molecule has 0 saturated carbocycles. The number of hydrogen-bond donors (Lipinski definition) is 1. The minimum Gasteiger partial charge on any atom is -0.497 e. The number of piperidine rings is 1. The molecular weight excluding hydrogens is 446 g/mol. The Balaban J connectivity index is 1.33. The first-order valence-electron chi connectivity index (χ1n) is 12.0. The molecule has 7 nitrogen and oxygen atoms in total. The smallest absolute Gasteiger partial charge is 0.220 e. The van der Waals surface area contributed by atoms with Gasteiger partial charge < -0.3 is 15.0 Å². The number of hydrogen-bond acceptors (Lipinski definition) is 6. The molecule has 0 aliphatic carbocycles. The summed E-state index contributed by atoms with van der Waals surface area (Å²) in [6.07, 6.45) is 5.20. The number of carbonyl (C=O) groups is 1. The number of thioether (sulfide) groups is 1. The maximum absolute atomic E-state index is 12.3. The third kappa shape index (κ3) is 6.61. The van der Waals surface area contributed by atoms with E-state index in [1.54, 1.807) is 18.9 Å². The molecule has 180 valence electrons. The van der Waals surface area contributed by atoms with Crippen LogP contribution in [0.4, 0.5) is 0 Å². The second-order valence-corrected chi connectivity index (χ2v) is 9.47. The highest BCUT2D eigenvalue weighted by Crippen LogP contribution is 2.29. The number of nitrogens with one attached hydrogen (secondary N) is 1. The van der Waals surface area contributed by atoms with Gasteiger partial charge >= 0.3 is 0 Å². The number of carbonyl (C=O) groups excluding carboxylic acids is 1. The summed E-state index contributed by atoms with van der Waals surface area (Å²) in [5.74, 6) is 2.52. The molecule has 0 unspecified atom stereocenters. The van der Waals surface area contributed by atoms with E-state index in [0.29, 0.717) is 6.42 Å². The van der Waals surface area contributed by atoms with Crippen LogP contribution in [0, 0.1) is 0 Å². The van der Waals surface area contributed by atoms with Gasteiger partial charge in [-0.3, -0.25) is 9.36 Å². The fourth-order valence-corrected chi connectivity index (χ4v) is 5.01. The van der Waals surface area contributed by atoms with Gasteiger partial charge in [-0.2, -0.15) is 0 Å². The normalized spacial score (nSPS) is 14.1. The molecule has 1 aromatic heterocycles. The molecule has 1 amide bonds. The Labute approximate surface area is 205 Å². The molecule has 4 rings (SSSR count). The van der Waals surface area contributed by atoms with Crippen molar-refractivity contribution < 1.29 is 9.53 Å². The third-order valence-electron chi connectivity index (χ3n) is 5.97. The molecule has 0 atom stereocenters. The highest BCUT2D eigenvalue weighted by molar-refractivity contribution is 7.99. The van der Waals surface area contributed by atoms with Crippen LogP contribution in [0.3, 0.4) is 0 Å². The zero-order valence-electron chi connectivity index (χ0n) is 19.8. The van der Waals surface area contributed by atoms with Gasteiger partial charge in [0.1, 0.15) is 5.75 Å². The molecule has 0 spiro atoms. The first-order chi connectivity index (χ1) is 16.7. The molecule has 1 aliphatic heterocycles. The standard InChI is InChI=1S/C26H33N5O2S/c1-33-23-14-12-22(13-15-23)31-25(21-9-4-2-5-10-21)28-29-26(31)34-20-8-11-24(32)27-16-19-30-17-6-3-7-18-30/h2,4-5,9-10,12-15H,3,6-8,11,16-20H2,1H3,(H,27,32). The molecule has 0 radical (unpaired) electrons. The third-order valence-corrected chi connectivity index (χ3v) is 6.99. The van der Waals surface area contributed by atoms with Crippen molar-refractivity contribution in [1.82, 2.24) is 25.0 Å². The Morgan fingerprint density at radius 1 is 1.03 bits per heavy atom. The average molecular weight is 480 g/mol. The number of benzene rings is 2. The van der Waals surface area contributed by atoms with Crippen LogP contribution < -0.4 is 10.1 Å². The largest absolute Gasteiger partial charge is 0.497 e. The first-order valence-corrected chi connectivity index (χ1v) is 13.0. The lowest BCUT2D eigenvalue weighted by molar-refractivity contribution is -0.121. The Hall–Kier alpha value is -2.84. The Bertz CT molecular complexity index is 1030. The highest BCUT2D eigenvalue weighted by Gasteiger charge is 2.16. The summed E-state index contributed by atoms with van der Waals surface area (Å²) in [5.41, 5.74) is 1.98. The quantitative estimate of drug-likeness (QED) is 0.324. The maximum atomic E-state index is 12.3. The van der Waals surface area contributed by atoms with Crippen molar-refractivity contribution in [2.75, 3.05) is 39.0 Å². The molecule has 3 aromatic rings. The molecule has 0 bridgehead atoms. The summed E-state index contributed by atoms with van der Waals surface area (Å²) < 4.78 is 7.38. The predicted molar refractivity (Wildman–Crippen MR) is 137 cm³/mol. The summed E-state index contributed by atoms with van der Waals surface area (Å²) in [6.45, 7) is 4.00. The van der Waals surface area contributed by atoms with Crippen LogP contribution in [-0.2, 0) is 4.79 Å². The Morgan fingerprint density at radius 3 is 2.53 bits per heavy atom. The molecule has 1 fully saturated rings. The van der Waals surface area contributed by atoms with Crippen molar-refractivity contribution in [2.24, 2.45) is 0 Å². The van der Waals surface area contributed by atoms with Crippen molar-refractivity contribution in [3.63, 3.8) is 0 Å². The van der Waals surface area contributed by atoms with E-state index in [4.69, 9.17) is 4.74 Å². The number of nitrogens with zero attached hydrogens (tertiary/aromatic N) is 4. The monoisotopic (exact) mass is 479 g/mol. The summed E-state index contributed by atoms with van der Waals surface area (Å²) in [6, 6.07) is 17.9. The van der Waals surface area contributed by atoms with Crippen LogP contribution in [0.25, 0.3) is 17.1 Å². The van der Waals surface area contributed by atoms with E-state index < -0.39 is 0 Å². The summed E-state index contributed by atoms with van der Waals surface area (Å²) in [4.78, 5) is 14.7. The second-order valence-electron chi connectivity index (χ2n) is 8.41. The molecular formula is C26H33N5O2S. The lowest BCUT2D eigenvalue weighted by Crippen LogP contribution is -2.37. The summed E-state index contributed by atoms with van der Waals surface area (Å²) in [7, 11) is 1.66. The van der Waals surface area contributed by atoms with Gasteiger partial charge in [-0.1, -0.05) is 48.5 Å². The van der Waals surface area contributed by atoms with Crippen molar-refractivity contribution >= 4 is 17.7 Å². The van der Waals surface area contributed by atoms with Crippen LogP contribution in [0.1, 0.15) is 32.1 Å². The Kier molecular flexibility index (Phi) is 8.98. The fraction of sp³-hybridized carbons (Fsp3) is 0.423. The van der Waals surface area contributed by atoms with Crippen LogP contribution in [0.5, 0.6) is 5.75 Å². The highest BCUT2D eigenvalue weighted by atomic mass is 32.2. The molecule has 1 aliphatic rings. The summed E-state index contributed by atoms with van der Waals surface area (Å²) in [5, 5.41) is 12.8. The van der Waals surface area contributed by atoms with Gasteiger partial charge in [0.05, 0.1) is 7.11 Å². The molecule has 34 heavy (non-hydrogen) atoms. The topological polar surface area (TPSA) is 72.3 Å². The van der Waals surface area contributed by atoms with E-state index in [1.807, 2.05) is 54.6 Å². The number of rotatable bonds is 11. The number of amides is 1. The van der Waals surface area contributed by atoms with E-state index in [1.165, 1.54) is 19.3 Å². The van der Waals surface area contributed by atoms with E-state index >= 15 is 0 Å². The van der Waals surface area contributed by atoms with Crippen molar-refractivity contribution in [3.8, 4) is 22.8 Å². The van der Waals surface area contributed by atoms with Gasteiger partial charge in [-0.25, -0.2) is 0 Å². The zero-order chi connectivity index (χ0) is 23.6. The number of aromatic nitrogens is 3. The zero-order valence-corrected chi connectivity index (χ0v) is 20.6. The van der Waals surface area contributed by atoms with Crippen LogP contribution >= 0.6 is 11.8 Å². The average Bonchev–Trinajstić information content (AvgIpc) is 3.32. The maximum Gasteiger partial charge on any atom is 0.220 e. The van der Waals surface area contributed by atoms with Gasteiger partial charge in [-0.05, 0) is 56.6 Å². The first kappa shape index (κ1) is 24.3. The SMILES string of the molecule is COc1ccc(-n2c(SCCCC(=O)NCCN3CCCCC3)nnc2-c2ccccc2)cc1. The van der Waals surface area contributed by atoms with E-state index in [0.717, 1.165) is 66.3 Å². The number of methoxy groups -OCH3 is 1. The minimum atomic E-state index is 0.124. The van der Waals surface area contributed by atoms with Gasteiger partial charge in [0.2, 0.25) is 5.91 Å². The van der Waals surface area contributed by atoms with Gasteiger partial charge in [0.15, 0.2) is 11.0 Å². The molecule has 2 heterocycles. The molecule has 8 heteroatoms. The molecule has 1 saturated heterocycles. The lowest BCUT2D eigenvalue weighted by atomic mass is 10.1. The van der Waals surface area contributed by atoms with Crippen LogP contribution in [0.15, 0.2) is 59.8 Å². The number of likely N-dealkylation sites (tertiary alicyclic amines) is 1. The minimum absolute atomic E-state index is 0.124. The van der Waals surface area contributed by atoms with Crippen molar-refractivity contribution in [3.05, 3.63) is 54.6 Å².